The molecule has 0 aromatic carbocycles. The van der Waals surface area contributed by atoms with Gasteiger partial charge in [-0.15, -0.1) is 0 Å². The predicted octanol–water partition coefficient (Wildman–Crippen LogP) is 9.95. The Morgan fingerprint density at radius 1 is 0.540 bits per heavy atom. The van der Waals surface area contributed by atoms with Crippen molar-refractivity contribution in [2.24, 2.45) is 5.73 Å². The molecule has 0 bridgehead atoms. The van der Waals surface area contributed by atoms with Gasteiger partial charge in [0.15, 0.2) is 6.10 Å². The lowest BCUT2D eigenvalue weighted by Crippen LogP contribution is -2.34. The van der Waals surface area contributed by atoms with Crippen LogP contribution in [0.2, 0.25) is 0 Å². The van der Waals surface area contributed by atoms with E-state index >= 15 is 0 Å². The topological polar surface area (TPSA) is 172 Å². The van der Waals surface area contributed by atoms with E-state index in [4.69, 9.17) is 24.8 Å². The van der Waals surface area contributed by atoms with Gasteiger partial charge in [0.1, 0.15) is 12.6 Å². The maximum atomic E-state index is 12.6. The molecule has 296 valence electrons. The first-order valence-electron chi connectivity index (χ1n) is 20.1. The van der Waals surface area contributed by atoms with Crippen LogP contribution in [-0.4, -0.2) is 59.9 Å². The largest absolute Gasteiger partial charge is 0.480 e. The molecule has 50 heavy (non-hydrogen) atoms. The molecule has 4 N–H and O–H groups in total. The summed E-state index contributed by atoms with van der Waals surface area (Å²) in [6.07, 6.45) is 30.2. The number of ether oxygens (including phenoxy) is 2. The highest BCUT2D eigenvalue weighted by atomic mass is 31.2. The van der Waals surface area contributed by atoms with Gasteiger partial charge in [-0.1, -0.05) is 168 Å². The zero-order chi connectivity index (χ0) is 37.1. The number of aliphatic carboxylic acids is 1. The normalized spacial score (nSPS) is 13.8. The summed E-state index contributed by atoms with van der Waals surface area (Å²) < 4.78 is 32.6. The number of hydrogen-bond acceptors (Lipinski definition) is 9. The van der Waals surface area contributed by atoms with Gasteiger partial charge in [0.2, 0.25) is 0 Å². The molecule has 0 aromatic rings. The van der Waals surface area contributed by atoms with Gasteiger partial charge in [0.05, 0.1) is 13.2 Å². The van der Waals surface area contributed by atoms with E-state index in [0.717, 1.165) is 38.5 Å². The summed E-state index contributed by atoms with van der Waals surface area (Å²) in [4.78, 5) is 45.8. The van der Waals surface area contributed by atoms with Crippen LogP contribution in [0.15, 0.2) is 0 Å². The molecule has 3 atom stereocenters. The molecular formula is C38H74NO10P. The van der Waals surface area contributed by atoms with Gasteiger partial charge in [0, 0.05) is 12.8 Å². The average molecular weight is 736 g/mol. The van der Waals surface area contributed by atoms with Crippen LogP contribution in [0.5, 0.6) is 0 Å². The summed E-state index contributed by atoms with van der Waals surface area (Å²) >= 11 is 0. The number of carboxylic acids is 1. The molecule has 0 rings (SSSR count). The van der Waals surface area contributed by atoms with E-state index in [1.807, 2.05) is 0 Å². The van der Waals surface area contributed by atoms with Crippen molar-refractivity contribution in [3.63, 3.8) is 0 Å². The first-order chi connectivity index (χ1) is 24.1. The molecule has 0 aliphatic rings. The highest BCUT2D eigenvalue weighted by Gasteiger charge is 2.28. The Labute approximate surface area is 304 Å². The third-order valence-corrected chi connectivity index (χ3v) is 9.81. The highest BCUT2D eigenvalue weighted by Crippen LogP contribution is 2.43. The maximum absolute atomic E-state index is 12.6. The number of phosphoric ester groups is 1. The molecule has 0 saturated carbocycles. The predicted molar refractivity (Wildman–Crippen MR) is 199 cm³/mol. The molecule has 11 nitrogen and oxygen atoms in total. The van der Waals surface area contributed by atoms with Gasteiger partial charge in [-0.05, 0) is 12.8 Å². The monoisotopic (exact) mass is 736 g/mol. The van der Waals surface area contributed by atoms with Crippen LogP contribution in [-0.2, 0) is 37.5 Å². The fraction of sp³-hybridized carbons (Fsp3) is 0.921. The van der Waals surface area contributed by atoms with Crippen molar-refractivity contribution >= 4 is 25.7 Å². The fourth-order valence-electron chi connectivity index (χ4n) is 5.65. The minimum Gasteiger partial charge on any atom is -0.480 e. The Balaban J connectivity index is 4.38. The van der Waals surface area contributed by atoms with Gasteiger partial charge in [-0.3, -0.25) is 23.4 Å². The van der Waals surface area contributed by atoms with Crippen molar-refractivity contribution in [3.05, 3.63) is 0 Å². The molecule has 0 aliphatic carbocycles. The second kappa shape index (κ2) is 34.6. The molecule has 0 aromatic heterocycles. The molecular weight excluding hydrogens is 661 g/mol. The van der Waals surface area contributed by atoms with Crippen molar-refractivity contribution in [1.82, 2.24) is 0 Å². The van der Waals surface area contributed by atoms with Crippen LogP contribution in [0.25, 0.3) is 0 Å². The SMILES string of the molecule is CCCCCCCCCCCCCCCC(=O)OCC(COP(=O)(O)OCC(N)C(=O)O)OC(=O)CCCCCCCCCCCCCCC. The van der Waals surface area contributed by atoms with Crippen molar-refractivity contribution in [3.8, 4) is 0 Å². The van der Waals surface area contributed by atoms with Gasteiger partial charge in [-0.25, -0.2) is 4.57 Å². The lowest BCUT2D eigenvalue weighted by Gasteiger charge is -2.20. The van der Waals surface area contributed by atoms with Crippen LogP contribution in [0, 0.1) is 0 Å². The Morgan fingerprint density at radius 2 is 0.880 bits per heavy atom. The highest BCUT2D eigenvalue weighted by molar-refractivity contribution is 7.47. The zero-order valence-electron chi connectivity index (χ0n) is 31.8. The van der Waals surface area contributed by atoms with E-state index in [2.05, 4.69) is 18.4 Å². The summed E-state index contributed by atoms with van der Waals surface area (Å²) in [6, 6.07) is -1.51. The van der Waals surface area contributed by atoms with Crippen LogP contribution in [0.4, 0.5) is 0 Å². The Bertz CT molecular complexity index is 875. The Kier molecular flexibility index (Phi) is 33.5. The summed E-state index contributed by atoms with van der Waals surface area (Å²) in [5, 5.41) is 8.86. The van der Waals surface area contributed by atoms with Gasteiger partial charge in [-0.2, -0.15) is 0 Å². The van der Waals surface area contributed by atoms with Gasteiger partial charge >= 0.3 is 25.7 Å². The van der Waals surface area contributed by atoms with Crippen LogP contribution in [0.1, 0.15) is 194 Å². The van der Waals surface area contributed by atoms with E-state index in [0.29, 0.717) is 12.8 Å². The van der Waals surface area contributed by atoms with E-state index in [9.17, 15) is 23.8 Å². The molecule has 0 amide bonds. The van der Waals surface area contributed by atoms with E-state index in [1.165, 1.54) is 116 Å². The molecule has 12 heteroatoms. The number of carbonyl (C=O) groups is 3. The zero-order valence-corrected chi connectivity index (χ0v) is 32.7. The third-order valence-electron chi connectivity index (χ3n) is 8.86. The van der Waals surface area contributed by atoms with Crippen LogP contribution >= 0.6 is 7.82 Å². The molecule has 0 aliphatic heterocycles. The first kappa shape index (κ1) is 48.5. The second-order valence-electron chi connectivity index (χ2n) is 13.8. The van der Waals surface area contributed by atoms with E-state index in [-0.39, 0.29) is 19.4 Å². The Hall–Kier alpha value is -1.52. The number of phosphoric acid groups is 1. The number of hydrogen-bond donors (Lipinski definition) is 3. The molecule has 0 saturated heterocycles. The lowest BCUT2D eigenvalue weighted by atomic mass is 10.0. The summed E-state index contributed by atoms with van der Waals surface area (Å²) in [7, 11) is -4.70. The maximum Gasteiger partial charge on any atom is 0.472 e. The smallest absolute Gasteiger partial charge is 0.472 e. The minimum atomic E-state index is -4.70. The van der Waals surface area contributed by atoms with E-state index < -0.39 is 51.1 Å². The molecule has 0 fully saturated rings. The first-order valence-corrected chi connectivity index (χ1v) is 21.6. The molecule has 0 radical (unpaired) electrons. The summed E-state index contributed by atoms with van der Waals surface area (Å²) in [6.45, 7) is 2.81. The average Bonchev–Trinajstić information content (AvgIpc) is 3.09. The number of carbonyl (C=O) groups excluding carboxylic acids is 2. The number of nitrogens with two attached hydrogens (primary N) is 1. The number of rotatable bonds is 38. The van der Waals surface area contributed by atoms with E-state index in [1.54, 1.807) is 0 Å². The lowest BCUT2D eigenvalue weighted by molar-refractivity contribution is -0.161. The fourth-order valence-corrected chi connectivity index (χ4v) is 6.43. The number of esters is 2. The number of carboxylic acid groups (broad SMARTS) is 1. The van der Waals surface area contributed by atoms with Crippen molar-refractivity contribution < 1.29 is 47.5 Å². The quantitative estimate of drug-likeness (QED) is 0.0313. The van der Waals surface area contributed by atoms with Crippen molar-refractivity contribution in [2.45, 2.75) is 206 Å². The summed E-state index contributed by atoms with van der Waals surface area (Å²) in [5.41, 5.74) is 5.32. The standard InChI is InChI=1S/C38H74NO10P/c1-3-5-7-9-11-13-15-17-19-21-23-25-27-29-36(40)46-31-34(32-47-50(44,45)48-33-35(39)38(42)43)49-37(41)30-28-26-24-22-20-18-16-14-12-10-8-6-4-2/h34-35H,3-33,39H2,1-2H3,(H,42,43)(H,44,45). The van der Waals surface area contributed by atoms with Crippen molar-refractivity contribution in [2.75, 3.05) is 19.8 Å². The van der Waals surface area contributed by atoms with Gasteiger partial charge in [0.25, 0.3) is 0 Å². The molecule has 0 spiro atoms. The van der Waals surface area contributed by atoms with Crippen LogP contribution in [0.3, 0.4) is 0 Å². The second-order valence-corrected chi connectivity index (χ2v) is 15.2. The van der Waals surface area contributed by atoms with Gasteiger partial charge < -0.3 is 25.2 Å². The molecule has 3 unspecified atom stereocenters. The minimum absolute atomic E-state index is 0.169. The third kappa shape index (κ3) is 33.6. The summed E-state index contributed by atoms with van der Waals surface area (Å²) in [5.74, 6) is -2.36. The molecule has 0 heterocycles. The van der Waals surface area contributed by atoms with Crippen molar-refractivity contribution in [1.29, 1.82) is 0 Å². The number of unbranched alkanes of at least 4 members (excludes halogenated alkanes) is 24. The van der Waals surface area contributed by atoms with Crippen LogP contribution < -0.4 is 5.73 Å². The Morgan fingerprint density at radius 3 is 1.26 bits per heavy atom.